The number of piperazine rings is 1. The molecule has 130 valence electrons. The van der Waals surface area contributed by atoms with E-state index in [4.69, 9.17) is 9.84 Å². The second-order valence-electron chi connectivity index (χ2n) is 5.78. The van der Waals surface area contributed by atoms with Crippen molar-refractivity contribution in [3.05, 3.63) is 36.4 Å². The van der Waals surface area contributed by atoms with Crippen LogP contribution in [-0.4, -0.2) is 69.2 Å². The molecule has 1 aliphatic heterocycles. The zero-order chi connectivity index (χ0) is 17.2. The maximum absolute atomic E-state index is 13.1. The Hall–Kier alpha value is -1.67. The number of aliphatic hydroxyl groups is 1. The highest BCUT2D eigenvalue weighted by Crippen LogP contribution is 2.32. The maximum atomic E-state index is 13.1. The number of nitrogens with zero attached hydrogens (tertiary/aromatic N) is 2. The average molecular weight is 350 g/mol. The summed E-state index contributed by atoms with van der Waals surface area (Å²) in [4.78, 5) is 2.38. The number of sulfonamides is 1. The Morgan fingerprint density at radius 2 is 1.71 bits per heavy atom. The SMILES string of the molecule is COc1ccc(S(=O)(=O)N2CCN(CCO)CC2)c2ccccc12. The summed E-state index contributed by atoms with van der Waals surface area (Å²) in [5.74, 6) is 0.664. The van der Waals surface area contributed by atoms with E-state index in [1.165, 1.54) is 4.31 Å². The van der Waals surface area contributed by atoms with Gasteiger partial charge in [0, 0.05) is 43.5 Å². The number of benzene rings is 2. The van der Waals surface area contributed by atoms with Gasteiger partial charge in [0.1, 0.15) is 5.75 Å². The topological polar surface area (TPSA) is 70.1 Å². The van der Waals surface area contributed by atoms with Crippen LogP contribution in [-0.2, 0) is 10.0 Å². The molecule has 0 spiro atoms. The first-order valence-corrected chi connectivity index (χ1v) is 9.41. The molecule has 0 unspecified atom stereocenters. The van der Waals surface area contributed by atoms with Crippen LogP contribution in [0.25, 0.3) is 10.8 Å². The third-order valence-electron chi connectivity index (χ3n) is 4.43. The molecular formula is C17H22N2O4S. The van der Waals surface area contributed by atoms with Crippen molar-refractivity contribution in [1.82, 2.24) is 9.21 Å². The van der Waals surface area contributed by atoms with Crippen molar-refractivity contribution in [2.75, 3.05) is 46.4 Å². The molecule has 1 N–H and O–H groups in total. The minimum absolute atomic E-state index is 0.0931. The first kappa shape index (κ1) is 17.2. The smallest absolute Gasteiger partial charge is 0.243 e. The van der Waals surface area contributed by atoms with Crippen LogP contribution >= 0.6 is 0 Å². The molecule has 1 aliphatic rings. The summed E-state index contributed by atoms with van der Waals surface area (Å²) in [6.45, 7) is 2.81. The van der Waals surface area contributed by atoms with Gasteiger partial charge in [-0.3, -0.25) is 4.90 Å². The molecule has 0 aromatic heterocycles. The Labute approximate surface area is 142 Å². The van der Waals surface area contributed by atoms with Crippen LogP contribution in [0.2, 0.25) is 0 Å². The lowest BCUT2D eigenvalue weighted by atomic mass is 10.1. The first-order chi connectivity index (χ1) is 11.6. The first-order valence-electron chi connectivity index (χ1n) is 7.97. The molecule has 1 saturated heterocycles. The van der Waals surface area contributed by atoms with E-state index in [1.54, 1.807) is 19.2 Å². The van der Waals surface area contributed by atoms with E-state index in [0.29, 0.717) is 48.8 Å². The average Bonchev–Trinajstić information content (AvgIpc) is 2.61. The number of methoxy groups -OCH3 is 1. The molecule has 1 fully saturated rings. The van der Waals surface area contributed by atoms with Gasteiger partial charge >= 0.3 is 0 Å². The third-order valence-corrected chi connectivity index (χ3v) is 6.39. The molecule has 7 heteroatoms. The van der Waals surface area contributed by atoms with Crippen LogP contribution in [0.5, 0.6) is 5.75 Å². The summed E-state index contributed by atoms with van der Waals surface area (Å²) in [6, 6.07) is 10.7. The Morgan fingerprint density at radius 1 is 1.04 bits per heavy atom. The largest absolute Gasteiger partial charge is 0.496 e. The standard InChI is InChI=1S/C17H22N2O4S/c1-23-16-6-7-17(15-5-3-2-4-14(15)16)24(21,22)19-10-8-18(9-11-19)12-13-20/h2-7,20H,8-13H2,1H3. The van der Waals surface area contributed by atoms with Gasteiger partial charge in [-0.2, -0.15) is 4.31 Å². The summed E-state index contributed by atoms with van der Waals surface area (Å²) in [5, 5.41) is 10.5. The zero-order valence-electron chi connectivity index (χ0n) is 13.7. The Morgan fingerprint density at radius 3 is 2.33 bits per heavy atom. The van der Waals surface area contributed by atoms with Crippen LogP contribution in [0.4, 0.5) is 0 Å². The number of fused-ring (bicyclic) bond motifs is 1. The highest BCUT2D eigenvalue weighted by Gasteiger charge is 2.29. The lowest BCUT2D eigenvalue weighted by molar-refractivity contribution is 0.151. The highest BCUT2D eigenvalue weighted by atomic mass is 32.2. The molecule has 1 heterocycles. The summed E-state index contributed by atoms with van der Waals surface area (Å²) in [7, 11) is -1.98. The molecule has 0 amide bonds. The van der Waals surface area contributed by atoms with Crippen LogP contribution in [0, 0.1) is 0 Å². The van der Waals surface area contributed by atoms with Gasteiger partial charge in [-0.25, -0.2) is 8.42 Å². The monoisotopic (exact) mass is 350 g/mol. The highest BCUT2D eigenvalue weighted by molar-refractivity contribution is 7.89. The molecule has 0 saturated carbocycles. The van der Waals surface area contributed by atoms with Crippen LogP contribution in [0.15, 0.2) is 41.3 Å². The van der Waals surface area contributed by atoms with Crippen molar-refractivity contribution in [1.29, 1.82) is 0 Å². The Bertz CT molecular complexity index is 814. The molecule has 6 nitrogen and oxygen atoms in total. The van der Waals surface area contributed by atoms with Crippen LogP contribution < -0.4 is 4.74 Å². The fraction of sp³-hybridized carbons (Fsp3) is 0.412. The lowest BCUT2D eigenvalue weighted by Gasteiger charge is -2.33. The molecule has 3 rings (SSSR count). The van der Waals surface area contributed by atoms with Gasteiger partial charge in [-0.15, -0.1) is 0 Å². The molecular weight excluding hydrogens is 328 g/mol. The van der Waals surface area contributed by atoms with Gasteiger partial charge in [-0.1, -0.05) is 24.3 Å². The van der Waals surface area contributed by atoms with E-state index in [-0.39, 0.29) is 6.61 Å². The molecule has 0 atom stereocenters. The van der Waals surface area contributed by atoms with Gasteiger partial charge in [-0.05, 0) is 12.1 Å². The maximum Gasteiger partial charge on any atom is 0.243 e. The molecule has 2 aromatic rings. The summed E-state index contributed by atoms with van der Waals surface area (Å²) < 4.78 is 33.0. The summed E-state index contributed by atoms with van der Waals surface area (Å²) in [6.07, 6.45) is 0. The fourth-order valence-corrected chi connectivity index (χ4v) is 4.74. The van der Waals surface area contributed by atoms with E-state index in [2.05, 4.69) is 4.90 Å². The van der Waals surface area contributed by atoms with Crippen LogP contribution in [0.1, 0.15) is 0 Å². The number of ether oxygens (including phenoxy) is 1. The quantitative estimate of drug-likeness (QED) is 0.876. The van der Waals surface area contributed by atoms with Crippen molar-refractivity contribution in [2.45, 2.75) is 4.90 Å². The Balaban J connectivity index is 1.95. The lowest BCUT2D eigenvalue weighted by Crippen LogP contribution is -2.49. The normalized spacial score (nSPS) is 17.2. The summed E-state index contributed by atoms with van der Waals surface area (Å²) in [5.41, 5.74) is 0. The molecule has 24 heavy (non-hydrogen) atoms. The van der Waals surface area contributed by atoms with E-state index in [9.17, 15) is 8.42 Å². The molecule has 2 aromatic carbocycles. The number of aliphatic hydroxyl groups excluding tert-OH is 1. The van der Waals surface area contributed by atoms with E-state index in [0.717, 1.165) is 5.39 Å². The van der Waals surface area contributed by atoms with Crippen molar-refractivity contribution in [2.24, 2.45) is 0 Å². The van der Waals surface area contributed by atoms with Gasteiger partial charge in [0.05, 0.1) is 18.6 Å². The van der Waals surface area contributed by atoms with Gasteiger partial charge in [0.25, 0.3) is 0 Å². The number of β-amino-alcohol motifs (C(OH)–C–C–N with tert-alkyl or cyclic N) is 1. The molecule has 0 aliphatic carbocycles. The van der Waals surface area contributed by atoms with Crippen molar-refractivity contribution in [3.63, 3.8) is 0 Å². The van der Waals surface area contributed by atoms with E-state index in [1.807, 2.05) is 24.3 Å². The number of hydrogen-bond acceptors (Lipinski definition) is 5. The number of rotatable bonds is 5. The predicted molar refractivity (Wildman–Crippen MR) is 92.8 cm³/mol. The van der Waals surface area contributed by atoms with Crippen molar-refractivity contribution >= 4 is 20.8 Å². The fourth-order valence-electron chi connectivity index (χ4n) is 3.12. The van der Waals surface area contributed by atoms with Crippen molar-refractivity contribution < 1.29 is 18.3 Å². The van der Waals surface area contributed by atoms with Crippen LogP contribution in [0.3, 0.4) is 0 Å². The van der Waals surface area contributed by atoms with E-state index < -0.39 is 10.0 Å². The minimum Gasteiger partial charge on any atom is -0.496 e. The molecule has 0 bridgehead atoms. The second kappa shape index (κ2) is 7.06. The van der Waals surface area contributed by atoms with E-state index >= 15 is 0 Å². The molecule has 0 radical (unpaired) electrons. The van der Waals surface area contributed by atoms with Gasteiger partial charge in [0.15, 0.2) is 0 Å². The predicted octanol–water partition coefficient (Wildman–Crippen LogP) is 1.15. The third kappa shape index (κ3) is 3.12. The summed E-state index contributed by atoms with van der Waals surface area (Å²) >= 11 is 0. The second-order valence-corrected chi connectivity index (χ2v) is 7.69. The minimum atomic E-state index is -3.56. The van der Waals surface area contributed by atoms with Crippen molar-refractivity contribution in [3.8, 4) is 5.75 Å². The zero-order valence-corrected chi connectivity index (χ0v) is 14.5. The van der Waals surface area contributed by atoms with Gasteiger partial charge in [0.2, 0.25) is 10.0 Å². The Kier molecular flexibility index (Phi) is 5.05. The van der Waals surface area contributed by atoms with Gasteiger partial charge < -0.3 is 9.84 Å². The number of hydrogen-bond donors (Lipinski definition) is 1.